The molecule has 176 valence electrons. The van der Waals surface area contributed by atoms with Crippen LogP contribution in [0, 0.1) is 6.92 Å². The van der Waals surface area contributed by atoms with Gasteiger partial charge in [0, 0.05) is 10.4 Å². The van der Waals surface area contributed by atoms with Crippen LogP contribution in [-0.2, 0) is 14.3 Å². The van der Waals surface area contributed by atoms with Gasteiger partial charge in [0.05, 0.1) is 24.5 Å². The summed E-state index contributed by atoms with van der Waals surface area (Å²) in [5.74, 6) is -1.85. The average molecular weight is 499 g/mol. The van der Waals surface area contributed by atoms with E-state index in [0.29, 0.717) is 28.5 Å². The number of anilines is 1. The molecule has 1 atom stereocenters. The van der Waals surface area contributed by atoms with Crippen molar-refractivity contribution < 1.29 is 29.0 Å². The number of amides is 1. The Morgan fingerprint density at radius 3 is 2.50 bits per heavy atom. The Kier molecular flexibility index (Phi) is 6.80. The first-order chi connectivity index (χ1) is 16.4. The fourth-order valence-corrected chi connectivity index (χ4v) is 5.46. The predicted molar refractivity (Wildman–Crippen MR) is 130 cm³/mol. The van der Waals surface area contributed by atoms with E-state index in [0.717, 1.165) is 11.3 Å². The van der Waals surface area contributed by atoms with E-state index in [1.807, 2.05) is 12.3 Å². The second-order valence-electron chi connectivity index (χ2n) is 7.27. The van der Waals surface area contributed by atoms with Crippen LogP contribution in [0.2, 0.25) is 0 Å². The molecule has 10 heteroatoms. The summed E-state index contributed by atoms with van der Waals surface area (Å²) in [4.78, 5) is 45.2. The highest BCUT2D eigenvalue weighted by Crippen LogP contribution is 2.45. The number of thiophene rings is 1. The Morgan fingerprint density at radius 2 is 1.88 bits per heavy atom. The molecular weight excluding hydrogens is 476 g/mol. The second kappa shape index (κ2) is 9.78. The second-order valence-corrected chi connectivity index (χ2v) is 9.23. The number of benzene rings is 1. The third-order valence-corrected chi connectivity index (χ3v) is 7.21. The summed E-state index contributed by atoms with van der Waals surface area (Å²) < 4.78 is 10.5. The fourth-order valence-electron chi connectivity index (χ4n) is 3.65. The van der Waals surface area contributed by atoms with Crippen LogP contribution in [-0.4, -0.2) is 41.0 Å². The van der Waals surface area contributed by atoms with E-state index in [-0.39, 0.29) is 27.9 Å². The van der Waals surface area contributed by atoms with Gasteiger partial charge in [-0.05, 0) is 56.5 Å². The number of hydrogen-bond acceptors (Lipinski definition) is 9. The number of carbonyl (C=O) groups is 3. The molecule has 34 heavy (non-hydrogen) atoms. The summed E-state index contributed by atoms with van der Waals surface area (Å²) in [7, 11) is 0. The number of esters is 1. The molecule has 0 aliphatic carbocycles. The van der Waals surface area contributed by atoms with E-state index >= 15 is 0 Å². The smallest absolute Gasteiger partial charge is 0.350 e. The Labute approximate surface area is 204 Å². The molecule has 0 saturated carbocycles. The minimum Gasteiger partial charge on any atom is -0.507 e. The molecule has 1 amide bonds. The normalized spacial score (nSPS) is 17.3. The lowest BCUT2D eigenvalue weighted by Gasteiger charge is -2.21. The summed E-state index contributed by atoms with van der Waals surface area (Å²) >= 11 is 2.33. The fraction of sp³-hybridized carbons (Fsp3) is 0.250. The largest absolute Gasteiger partial charge is 0.507 e. The van der Waals surface area contributed by atoms with E-state index in [2.05, 4.69) is 4.98 Å². The van der Waals surface area contributed by atoms with Crippen molar-refractivity contribution in [3.63, 3.8) is 0 Å². The average Bonchev–Trinajstić information content (AvgIpc) is 3.53. The number of nitrogens with zero attached hydrogens (tertiary/aromatic N) is 2. The number of Topliss-reactive ketones (excluding diaryl/α,β-unsaturated/α-hetero) is 1. The van der Waals surface area contributed by atoms with Gasteiger partial charge in [-0.3, -0.25) is 14.5 Å². The molecule has 0 bridgehead atoms. The van der Waals surface area contributed by atoms with Crippen molar-refractivity contribution in [1.82, 2.24) is 4.98 Å². The van der Waals surface area contributed by atoms with E-state index < -0.39 is 23.7 Å². The molecule has 3 heterocycles. The quantitative estimate of drug-likeness (QED) is 0.218. The van der Waals surface area contributed by atoms with E-state index in [1.54, 1.807) is 50.2 Å². The number of thiazole rings is 1. The maximum Gasteiger partial charge on any atom is 0.350 e. The Balaban J connectivity index is 1.83. The molecule has 4 rings (SSSR count). The van der Waals surface area contributed by atoms with Gasteiger partial charge in [-0.25, -0.2) is 9.78 Å². The van der Waals surface area contributed by atoms with Crippen molar-refractivity contribution >= 4 is 51.2 Å². The summed E-state index contributed by atoms with van der Waals surface area (Å²) in [6.45, 7) is 5.90. The Bertz CT molecular complexity index is 1260. The SMILES string of the molecule is CCOC(=O)c1sc(N2C(=O)C(=O)C(=C(O)c3ccc(OCC)cc3)C2c2cccs2)nc1C. The summed E-state index contributed by atoms with van der Waals surface area (Å²) in [6, 6.07) is 9.33. The van der Waals surface area contributed by atoms with E-state index in [9.17, 15) is 19.5 Å². The highest BCUT2D eigenvalue weighted by Gasteiger charge is 2.48. The number of aryl methyl sites for hydroxylation is 1. The lowest BCUT2D eigenvalue weighted by atomic mass is 10.00. The Hall–Kier alpha value is -3.50. The van der Waals surface area contributed by atoms with Gasteiger partial charge in [0.2, 0.25) is 0 Å². The minimum absolute atomic E-state index is 0.0397. The summed E-state index contributed by atoms with van der Waals surface area (Å²) in [5.41, 5.74) is 0.740. The van der Waals surface area contributed by atoms with Gasteiger partial charge in [-0.2, -0.15) is 0 Å². The predicted octanol–water partition coefficient (Wildman–Crippen LogP) is 4.71. The molecule has 2 aromatic heterocycles. The van der Waals surface area contributed by atoms with Crippen LogP contribution in [0.3, 0.4) is 0 Å². The van der Waals surface area contributed by atoms with Crippen LogP contribution in [0.5, 0.6) is 5.75 Å². The maximum absolute atomic E-state index is 13.2. The standard InChI is InChI=1S/C24H22N2O6S2/c1-4-31-15-10-8-14(9-11-15)19(27)17-18(16-7-6-12-33-16)26(22(29)20(17)28)24-25-13(3)21(34-24)23(30)32-5-2/h6-12,18,27H,4-5H2,1-3H3. The molecule has 3 aromatic rings. The van der Waals surface area contributed by atoms with Crippen molar-refractivity contribution in [3.8, 4) is 5.75 Å². The monoisotopic (exact) mass is 498 g/mol. The first-order valence-corrected chi connectivity index (χ1v) is 12.3. The molecule has 0 spiro atoms. The van der Waals surface area contributed by atoms with Crippen LogP contribution in [0.15, 0.2) is 47.4 Å². The molecule has 1 aliphatic rings. The molecule has 1 unspecified atom stereocenters. The van der Waals surface area contributed by atoms with Gasteiger partial charge in [-0.15, -0.1) is 11.3 Å². The highest BCUT2D eigenvalue weighted by molar-refractivity contribution is 7.18. The molecule has 0 radical (unpaired) electrons. The van der Waals surface area contributed by atoms with E-state index in [4.69, 9.17) is 9.47 Å². The van der Waals surface area contributed by atoms with Crippen molar-refractivity contribution in [2.24, 2.45) is 0 Å². The van der Waals surface area contributed by atoms with Crippen LogP contribution < -0.4 is 9.64 Å². The van der Waals surface area contributed by atoms with Gasteiger partial charge in [0.1, 0.15) is 22.4 Å². The van der Waals surface area contributed by atoms with Crippen molar-refractivity contribution in [2.45, 2.75) is 26.8 Å². The van der Waals surface area contributed by atoms with Crippen LogP contribution in [0.1, 0.15) is 45.7 Å². The number of ketones is 1. The van der Waals surface area contributed by atoms with Crippen molar-refractivity contribution in [2.75, 3.05) is 18.1 Å². The molecule has 1 aliphatic heterocycles. The van der Waals surface area contributed by atoms with Gasteiger partial charge < -0.3 is 14.6 Å². The lowest BCUT2D eigenvalue weighted by Crippen LogP contribution is -2.29. The zero-order valence-electron chi connectivity index (χ0n) is 18.7. The molecule has 1 saturated heterocycles. The molecule has 1 N–H and O–H groups in total. The number of carbonyl (C=O) groups excluding carboxylic acids is 3. The number of hydrogen-bond donors (Lipinski definition) is 1. The van der Waals surface area contributed by atoms with Crippen molar-refractivity contribution in [1.29, 1.82) is 0 Å². The molecular formula is C24H22N2O6S2. The number of rotatable bonds is 7. The number of aliphatic hydroxyl groups is 1. The van der Waals surface area contributed by atoms with Gasteiger partial charge in [0.15, 0.2) is 5.13 Å². The third kappa shape index (κ3) is 4.22. The highest BCUT2D eigenvalue weighted by atomic mass is 32.1. The van der Waals surface area contributed by atoms with Gasteiger partial charge in [0.25, 0.3) is 5.78 Å². The molecule has 1 fully saturated rings. The zero-order valence-corrected chi connectivity index (χ0v) is 20.4. The minimum atomic E-state index is -0.882. The number of ether oxygens (including phenoxy) is 2. The maximum atomic E-state index is 13.2. The number of aliphatic hydroxyl groups excluding tert-OH is 1. The van der Waals surface area contributed by atoms with E-state index in [1.165, 1.54) is 16.2 Å². The third-order valence-electron chi connectivity index (χ3n) is 5.15. The summed E-state index contributed by atoms with van der Waals surface area (Å²) in [6.07, 6.45) is 0. The van der Waals surface area contributed by atoms with Gasteiger partial charge in [-0.1, -0.05) is 17.4 Å². The Morgan fingerprint density at radius 1 is 1.15 bits per heavy atom. The first kappa shape index (κ1) is 23.7. The van der Waals surface area contributed by atoms with Crippen molar-refractivity contribution in [3.05, 3.63) is 68.4 Å². The van der Waals surface area contributed by atoms with Crippen LogP contribution >= 0.6 is 22.7 Å². The summed E-state index contributed by atoms with van der Waals surface area (Å²) in [5, 5.41) is 13.1. The first-order valence-electron chi connectivity index (χ1n) is 10.6. The molecule has 1 aromatic carbocycles. The molecule has 8 nitrogen and oxygen atoms in total. The van der Waals surface area contributed by atoms with Gasteiger partial charge >= 0.3 is 11.9 Å². The zero-order chi connectivity index (χ0) is 24.4. The van der Waals surface area contributed by atoms with Crippen LogP contribution in [0.25, 0.3) is 5.76 Å². The number of aromatic nitrogens is 1. The topological polar surface area (TPSA) is 106 Å². The lowest BCUT2D eigenvalue weighted by molar-refractivity contribution is -0.132. The van der Waals surface area contributed by atoms with Crippen LogP contribution in [0.4, 0.5) is 5.13 Å².